The van der Waals surface area contributed by atoms with Crippen LogP contribution in [0.5, 0.6) is 0 Å². The van der Waals surface area contributed by atoms with Gasteiger partial charge >= 0.3 is 0 Å². The number of benzene rings is 1. The molecule has 0 fully saturated rings. The van der Waals surface area contributed by atoms with Gasteiger partial charge < -0.3 is 5.11 Å². The highest BCUT2D eigenvalue weighted by Gasteiger charge is 2.29. The van der Waals surface area contributed by atoms with E-state index in [1.165, 1.54) is 11.1 Å². The molecule has 0 aromatic heterocycles. The van der Waals surface area contributed by atoms with E-state index in [0.29, 0.717) is 0 Å². The van der Waals surface area contributed by atoms with Crippen LogP contribution in [0.15, 0.2) is 24.3 Å². The number of aliphatic hydroxyl groups excluding tert-OH is 1. The van der Waals surface area contributed by atoms with Crippen molar-refractivity contribution in [3.05, 3.63) is 35.4 Å². The summed E-state index contributed by atoms with van der Waals surface area (Å²) in [4.78, 5) is 0. The monoisotopic (exact) mass is 275 g/mol. The maximum atomic E-state index is 9.64. The standard InChI is InChI=1S/C9H10INO/c10-11-9-7-4-2-1-3-6(7)5-8(9)12/h1-4,8-9,11-12H,5H2/t8-,9-/m1/s1. The first-order valence-corrected chi connectivity index (χ1v) is 5.03. The maximum absolute atomic E-state index is 9.64. The van der Waals surface area contributed by atoms with Crippen LogP contribution in [0, 0.1) is 0 Å². The second-order valence-corrected chi connectivity index (χ2v) is 3.68. The molecule has 1 aliphatic carbocycles. The van der Waals surface area contributed by atoms with Crippen molar-refractivity contribution in [3.8, 4) is 0 Å². The van der Waals surface area contributed by atoms with Gasteiger partial charge in [-0.25, -0.2) is 0 Å². The molecule has 2 rings (SSSR count). The second-order valence-electron chi connectivity index (χ2n) is 3.06. The number of fused-ring (bicyclic) bond motifs is 1. The summed E-state index contributed by atoms with van der Waals surface area (Å²) >= 11 is 2.09. The van der Waals surface area contributed by atoms with Crippen molar-refractivity contribution in [2.45, 2.75) is 18.6 Å². The Kier molecular flexibility index (Phi) is 2.34. The number of aliphatic hydroxyl groups is 1. The quantitative estimate of drug-likeness (QED) is 0.602. The van der Waals surface area contributed by atoms with Crippen LogP contribution < -0.4 is 3.53 Å². The Balaban J connectivity index is 2.40. The highest BCUT2D eigenvalue weighted by atomic mass is 127. The average molecular weight is 275 g/mol. The molecule has 0 spiro atoms. The van der Waals surface area contributed by atoms with Crippen LogP contribution in [-0.4, -0.2) is 11.2 Å². The lowest BCUT2D eigenvalue weighted by Gasteiger charge is -2.12. The second kappa shape index (κ2) is 3.32. The lowest BCUT2D eigenvalue weighted by Crippen LogP contribution is -2.21. The molecule has 64 valence electrons. The highest BCUT2D eigenvalue weighted by molar-refractivity contribution is 14.1. The maximum Gasteiger partial charge on any atom is 0.0782 e. The van der Waals surface area contributed by atoms with Crippen LogP contribution in [0.25, 0.3) is 0 Å². The first-order valence-electron chi connectivity index (χ1n) is 3.95. The zero-order valence-electron chi connectivity index (χ0n) is 6.50. The largest absolute Gasteiger partial charge is 0.391 e. The van der Waals surface area contributed by atoms with Crippen LogP contribution in [0.3, 0.4) is 0 Å². The van der Waals surface area contributed by atoms with Crippen molar-refractivity contribution in [2.75, 3.05) is 0 Å². The van der Waals surface area contributed by atoms with Crippen LogP contribution in [0.1, 0.15) is 17.2 Å². The molecular formula is C9H10INO. The molecule has 0 amide bonds. The Morgan fingerprint density at radius 1 is 1.42 bits per heavy atom. The van der Waals surface area contributed by atoms with Gasteiger partial charge in [0, 0.05) is 29.3 Å². The normalized spacial score (nSPS) is 27.2. The van der Waals surface area contributed by atoms with Crippen molar-refractivity contribution in [1.82, 2.24) is 3.53 Å². The van der Waals surface area contributed by atoms with Crippen molar-refractivity contribution >= 4 is 22.9 Å². The number of halogens is 1. The predicted octanol–water partition coefficient (Wildman–Crippen LogP) is 1.58. The topological polar surface area (TPSA) is 32.3 Å². The number of hydrogen-bond acceptors (Lipinski definition) is 2. The van der Waals surface area contributed by atoms with E-state index in [1.54, 1.807) is 0 Å². The summed E-state index contributed by atoms with van der Waals surface area (Å²) in [6.07, 6.45) is 0.510. The Bertz CT molecular complexity index is 290. The molecule has 0 radical (unpaired) electrons. The highest BCUT2D eigenvalue weighted by Crippen LogP contribution is 2.31. The minimum absolute atomic E-state index is 0.113. The SMILES string of the molecule is O[C@@H]1Cc2ccccc2[C@H]1NI. The molecule has 1 aliphatic rings. The van der Waals surface area contributed by atoms with Gasteiger partial charge in [0.25, 0.3) is 0 Å². The van der Waals surface area contributed by atoms with Crippen LogP contribution in [-0.2, 0) is 6.42 Å². The summed E-state index contributed by atoms with van der Waals surface area (Å²) < 4.78 is 3.09. The summed E-state index contributed by atoms with van der Waals surface area (Å²) in [5.74, 6) is 0. The van der Waals surface area contributed by atoms with Gasteiger partial charge in [0.2, 0.25) is 0 Å². The van der Waals surface area contributed by atoms with Gasteiger partial charge in [-0.05, 0) is 11.1 Å². The van der Waals surface area contributed by atoms with E-state index in [-0.39, 0.29) is 12.1 Å². The molecule has 1 aromatic carbocycles. The average Bonchev–Trinajstić information content (AvgIpc) is 2.40. The van der Waals surface area contributed by atoms with Crippen LogP contribution >= 0.6 is 22.9 Å². The third kappa shape index (κ3) is 1.26. The molecule has 2 nitrogen and oxygen atoms in total. The Labute approximate surface area is 85.5 Å². The molecule has 2 N–H and O–H groups in total. The molecule has 12 heavy (non-hydrogen) atoms. The van der Waals surface area contributed by atoms with E-state index in [0.717, 1.165) is 6.42 Å². The van der Waals surface area contributed by atoms with Crippen LogP contribution in [0.2, 0.25) is 0 Å². The van der Waals surface area contributed by atoms with E-state index in [1.807, 2.05) is 12.1 Å². The van der Waals surface area contributed by atoms with Gasteiger partial charge in [0.15, 0.2) is 0 Å². The molecule has 3 heteroatoms. The lowest BCUT2D eigenvalue weighted by atomic mass is 10.1. The molecular weight excluding hydrogens is 265 g/mol. The van der Waals surface area contributed by atoms with E-state index < -0.39 is 0 Å². The molecule has 0 saturated heterocycles. The zero-order valence-corrected chi connectivity index (χ0v) is 8.65. The summed E-state index contributed by atoms with van der Waals surface area (Å²) in [5.41, 5.74) is 2.50. The Morgan fingerprint density at radius 3 is 2.92 bits per heavy atom. The summed E-state index contributed by atoms with van der Waals surface area (Å²) in [6.45, 7) is 0. The van der Waals surface area contributed by atoms with E-state index in [2.05, 4.69) is 38.5 Å². The molecule has 0 heterocycles. The fraction of sp³-hybridized carbons (Fsp3) is 0.333. The minimum atomic E-state index is -0.265. The van der Waals surface area contributed by atoms with Crippen LogP contribution in [0.4, 0.5) is 0 Å². The molecule has 0 aliphatic heterocycles. The smallest absolute Gasteiger partial charge is 0.0782 e. The number of hydrogen-bond donors (Lipinski definition) is 2. The van der Waals surface area contributed by atoms with Gasteiger partial charge in [-0.3, -0.25) is 3.53 Å². The molecule has 2 atom stereocenters. The fourth-order valence-electron chi connectivity index (χ4n) is 1.71. The number of rotatable bonds is 1. The molecule has 0 unspecified atom stereocenters. The number of nitrogens with one attached hydrogen (secondary N) is 1. The first kappa shape index (κ1) is 8.47. The molecule has 1 aromatic rings. The third-order valence-corrected chi connectivity index (χ3v) is 2.99. The van der Waals surface area contributed by atoms with Gasteiger partial charge in [-0.2, -0.15) is 0 Å². The van der Waals surface area contributed by atoms with E-state index in [4.69, 9.17) is 0 Å². The summed E-state index contributed by atoms with van der Waals surface area (Å²) in [5, 5.41) is 9.64. The molecule has 0 bridgehead atoms. The van der Waals surface area contributed by atoms with Crippen molar-refractivity contribution in [2.24, 2.45) is 0 Å². The first-order chi connectivity index (χ1) is 5.83. The predicted molar refractivity (Wildman–Crippen MR) is 56.0 cm³/mol. The van der Waals surface area contributed by atoms with Gasteiger partial charge in [0.05, 0.1) is 12.1 Å². The van der Waals surface area contributed by atoms with Crippen molar-refractivity contribution in [1.29, 1.82) is 0 Å². The fourth-order valence-corrected chi connectivity index (χ4v) is 2.46. The van der Waals surface area contributed by atoms with Crippen molar-refractivity contribution < 1.29 is 5.11 Å². The van der Waals surface area contributed by atoms with E-state index >= 15 is 0 Å². The third-order valence-electron chi connectivity index (χ3n) is 2.32. The molecule has 0 saturated carbocycles. The Hall–Kier alpha value is -0.130. The lowest BCUT2D eigenvalue weighted by molar-refractivity contribution is 0.155. The zero-order chi connectivity index (χ0) is 8.55. The van der Waals surface area contributed by atoms with Gasteiger partial charge in [-0.15, -0.1) is 0 Å². The minimum Gasteiger partial charge on any atom is -0.391 e. The van der Waals surface area contributed by atoms with Gasteiger partial charge in [-0.1, -0.05) is 24.3 Å². The summed E-state index contributed by atoms with van der Waals surface area (Å²) in [7, 11) is 0. The summed E-state index contributed by atoms with van der Waals surface area (Å²) in [6, 6.07) is 8.29. The Morgan fingerprint density at radius 2 is 2.17 bits per heavy atom. The van der Waals surface area contributed by atoms with Gasteiger partial charge in [0.1, 0.15) is 0 Å². The van der Waals surface area contributed by atoms with Crippen molar-refractivity contribution in [3.63, 3.8) is 0 Å². The van der Waals surface area contributed by atoms with E-state index in [9.17, 15) is 5.11 Å².